The number of rotatable bonds is 3. The Morgan fingerprint density at radius 1 is 1.22 bits per heavy atom. The van der Waals surface area contributed by atoms with Gasteiger partial charge in [0, 0.05) is 23.6 Å². The molecule has 0 radical (unpaired) electrons. The van der Waals surface area contributed by atoms with E-state index >= 15 is 0 Å². The highest BCUT2D eigenvalue weighted by atomic mass is 32.1. The summed E-state index contributed by atoms with van der Waals surface area (Å²) in [6, 6.07) is 11.8. The molecule has 1 aliphatic carbocycles. The molecule has 4 heteroatoms. The number of hydrogen-bond donors (Lipinski definition) is 1. The predicted octanol–water partition coefficient (Wildman–Crippen LogP) is 5.11. The van der Waals surface area contributed by atoms with Gasteiger partial charge < -0.3 is 5.11 Å². The lowest BCUT2D eigenvalue weighted by atomic mass is 9.84. The van der Waals surface area contributed by atoms with Crippen LogP contribution in [-0.2, 0) is 4.79 Å². The lowest BCUT2D eigenvalue weighted by Crippen LogP contribution is -2.22. The Hall–Kier alpha value is -2.20. The lowest BCUT2D eigenvalue weighted by molar-refractivity contribution is -0.116. The third-order valence-electron chi connectivity index (χ3n) is 4.08. The fraction of sp³-hybridized carbons (Fsp3) is 0.263. The van der Waals surface area contributed by atoms with Crippen molar-refractivity contribution in [3.8, 4) is 0 Å². The van der Waals surface area contributed by atoms with Crippen molar-refractivity contribution >= 4 is 28.5 Å². The van der Waals surface area contributed by atoms with E-state index < -0.39 is 0 Å². The number of aliphatic hydroxyl groups is 1. The predicted molar refractivity (Wildman–Crippen MR) is 94.9 cm³/mol. The van der Waals surface area contributed by atoms with Crippen LogP contribution in [0.4, 0.5) is 5.69 Å². The van der Waals surface area contributed by atoms with Gasteiger partial charge in [-0.15, -0.1) is 11.3 Å². The van der Waals surface area contributed by atoms with Crippen molar-refractivity contribution in [2.75, 3.05) is 0 Å². The molecule has 0 saturated heterocycles. The highest BCUT2D eigenvalue weighted by Gasteiger charge is 2.30. The number of Topliss-reactive ketones (excluding diaryl/α,β-unsaturated/α-hetero) is 1. The molecule has 2 aromatic rings. The van der Waals surface area contributed by atoms with Crippen molar-refractivity contribution in [1.29, 1.82) is 0 Å². The summed E-state index contributed by atoms with van der Waals surface area (Å²) in [7, 11) is 0. The first-order valence-electron chi connectivity index (χ1n) is 7.65. The number of aliphatic imine (C=N–C) groups is 1. The van der Waals surface area contributed by atoms with E-state index in [0.29, 0.717) is 24.1 Å². The molecule has 118 valence electrons. The van der Waals surface area contributed by atoms with Gasteiger partial charge in [-0.05, 0) is 37.4 Å². The van der Waals surface area contributed by atoms with E-state index in [0.717, 1.165) is 16.1 Å². The van der Waals surface area contributed by atoms with Crippen LogP contribution in [0.15, 0.2) is 58.1 Å². The number of carbonyl (C=O) groups is 1. The summed E-state index contributed by atoms with van der Waals surface area (Å²) in [6.07, 6.45) is 0.934. The Labute approximate surface area is 140 Å². The zero-order valence-electron chi connectivity index (χ0n) is 13.2. The van der Waals surface area contributed by atoms with Gasteiger partial charge in [-0.2, -0.15) is 0 Å². The number of ketones is 1. The minimum atomic E-state index is -0.0273. The quantitative estimate of drug-likeness (QED) is 0.797. The molecule has 23 heavy (non-hydrogen) atoms. The molecule has 1 heterocycles. The minimum Gasteiger partial charge on any atom is -0.511 e. The first kappa shape index (κ1) is 15.7. The number of nitrogens with zero attached hydrogens (tertiary/aromatic N) is 1. The van der Waals surface area contributed by atoms with Gasteiger partial charge in [0.1, 0.15) is 5.76 Å². The zero-order valence-corrected chi connectivity index (χ0v) is 14.1. The van der Waals surface area contributed by atoms with E-state index in [1.54, 1.807) is 18.3 Å². The van der Waals surface area contributed by atoms with Gasteiger partial charge in [0.05, 0.1) is 17.0 Å². The highest BCUT2D eigenvalue weighted by Crippen LogP contribution is 2.36. The first-order chi connectivity index (χ1) is 11.0. The Morgan fingerprint density at radius 2 is 1.96 bits per heavy atom. The van der Waals surface area contributed by atoms with E-state index in [-0.39, 0.29) is 17.5 Å². The van der Waals surface area contributed by atoms with Crippen molar-refractivity contribution in [2.24, 2.45) is 4.99 Å². The number of benzene rings is 1. The molecule has 1 unspecified atom stereocenters. The fourth-order valence-corrected chi connectivity index (χ4v) is 3.73. The maximum absolute atomic E-state index is 12.5. The van der Waals surface area contributed by atoms with Crippen LogP contribution in [0.1, 0.15) is 36.1 Å². The molecule has 0 spiro atoms. The molecule has 0 aliphatic heterocycles. The summed E-state index contributed by atoms with van der Waals surface area (Å²) < 4.78 is 0. The van der Waals surface area contributed by atoms with Gasteiger partial charge in [0.15, 0.2) is 5.78 Å². The Bertz CT molecular complexity index is 770. The molecular weight excluding hydrogens is 306 g/mol. The van der Waals surface area contributed by atoms with Gasteiger partial charge in [0.25, 0.3) is 0 Å². The Kier molecular flexibility index (Phi) is 4.44. The number of aliphatic hydroxyl groups excluding tert-OH is 1. The number of hydrogen-bond acceptors (Lipinski definition) is 4. The van der Waals surface area contributed by atoms with Gasteiger partial charge in [0.2, 0.25) is 0 Å². The van der Waals surface area contributed by atoms with Crippen LogP contribution >= 0.6 is 11.3 Å². The van der Waals surface area contributed by atoms with E-state index in [1.165, 1.54) is 0 Å². The molecule has 3 nitrogen and oxygen atoms in total. The van der Waals surface area contributed by atoms with Crippen LogP contribution in [0.5, 0.6) is 0 Å². The van der Waals surface area contributed by atoms with E-state index in [2.05, 4.69) is 4.99 Å². The molecule has 0 bridgehead atoms. The molecule has 1 aromatic carbocycles. The smallest absolute Gasteiger partial charge is 0.168 e. The highest BCUT2D eigenvalue weighted by molar-refractivity contribution is 7.10. The molecule has 0 saturated carbocycles. The fourth-order valence-electron chi connectivity index (χ4n) is 2.90. The van der Waals surface area contributed by atoms with Gasteiger partial charge in [-0.3, -0.25) is 9.79 Å². The minimum absolute atomic E-state index is 0.0273. The number of allylic oxidation sites excluding steroid dienone is 2. The first-order valence-corrected chi connectivity index (χ1v) is 8.53. The SMILES string of the molecule is CC(=Nc1ccc(C)cc1)C1=C(O)CC(c2cccs2)CC1=O. The molecule has 0 fully saturated rings. The third-order valence-corrected chi connectivity index (χ3v) is 5.11. The summed E-state index contributed by atoms with van der Waals surface area (Å²) in [5.74, 6) is 0.215. The number of aryl methyl sites for hydroxylation is 1. The second-order valence-electron chi connectivity index (χ2n) is 5.90. The summed E-state index contributed by atoms with van der Waals surface area (Å²) in [5.41, 5.74) is 2.93. The average Bonchev–Trinajstić information content (AvgIpc) is 3.03. The molecule has 3 rings (SSSR count). The monoisotopic (exact) mass is 325 g/mol. The van der Waals surface area contributed by atoms with Crippen molar-refractivity contribution in [2.45, 2.75) is 32.6 Å². The number of carbonyl (C=O) groups excluding carboxylic acids is 1. The normalized spacial score (nSPS) is 19.3. The maximum Gasteiger partial charge on any atom is 0.168 e. The van der Waals surface area contributed by atoms with E-state index in [1.807, 2.05) is 48.7 Å². The van der Waals surface area contributed by atoms with E-state index in [9.17, 15) is 9.90 Å². The average molecular weight is 325 g/mol. The lowest BCUT2D eigenvalue weighted by Gasteiger charge is -2.22. The van der Waals surface area contributed by atoms with Crippen LogP contribution in [0.3, 0.4) is 0 Å². The summed E-state index contributed by atoms with van der Waals surface area (Å²) >= 11 is 1.63. The van der Waals surface area contributed by atoms with Crippen LogP contribution < -0.4 is 0 Å². The Morgan fingerprint density at radius 3 is 2.57 bits per heavy atom. The molecular formula is C19H19NO2S. The molecule has 1 N–H and O–H groups in total. The van der Waals surface area contributed by atoms with Crippen molar-refractivity contribution < 1.29 is 9.90 Å². The molecule has 0 amide bonds. The maximum atomic E-state index is 12.5. The van der Waals surface area contributed by atoms with Crippen LogP contribution in [-0.4, -0.2) is 16.6 Å². The molecule has 1 aliphatic rings. The largest absolute Gasteiger partial charge is 0.511 e. The van der Waals surface area contributed by atoms with Crippen molar-refractivity contribution in [3.63, 3.8) is 0 Å². The van der Waals surface area contributed by atoms with Gasteiger partial charge in [-0.25, -0.2) is 0 Å². The molecule has 1 aromatic heterocycles. The van der Waals surface area contributed by atoms with Gasteiger partial charge in [-0.1, -0.05) is 23.8 Å². The second-order valence-corrected chi connectivity index (χ2v) is 6.88. The van der Waals surface area contributed by atoms with Crippen molar-refractivity contribution in [1.82, 2.24) is 0 Å². The van der Waals surface area contributed by atoms with Crippen LogP contribution in [0, 0.1) is 6.92 Å². The topological polar surface area (TPSA) is 49.7 Å². The summed E-state index contributed by atoms with van der Waals surface area (Å²) in [5, 5.41) is 12.4. The third kappa shape index (κ3) is 3.42. The molecule has 1 atom stereocenters. The van der Waals surface area contributed by atoms with Crippen LogP contribution in [0.2, 0.25) is 0 Å². The standard InChI is InChI=1S/C19H19NO2S/c1-12-5-7-15(8-6-12)20-13(2)19-16(21)10-14(11-17(19)22)18-4-3-9-23-18/h3-9,14,21H,10-11H2,1-2H3. The summed E-state index contributed by atoms with van der Waals surface area (Å²) in [4.78, 5) is 18.1. The van der Waals surface area contributed by atoms with Crippen molar-refractivity contribution in [3.05, 3.63) is 63.6 Å². The zero-order chi connectivity index (χ0) is 16.4. The second kappa shape index (κ2) is 6.50. The van der Waals surface area contributed by atoms with Gasteiger partial charge >= 0.3 is 0 Å². The number of thiophene rings is 1. The van der Waals surface area contributed by atoms with Crippen LogP contribution in [0.25, 0.3) is 0 Å². The van der Waals surface area contributed by atoms with E-state index in [4.69, 9.17) is 0 Å². The Balaban J connectivity index is 1.87. The summed E-state index contributed by atoms with van der Waals surface area (Å²) in [6.45, 7) is 3.80.